The lowest BCUT2D eigenvalue weighted by molar-refractivity contribution is 0.627. The zero-order chi connectivity index (χ0) is 10.4. The first-order valence-corrected chi connectivity index (χ1v) is 5.55. The van der Waals surface area contributed by atoms with Crippen LogP contribution < -0.4 is 11.1 Å². The molecule has 0 saturated heterocycles. The number of rotatable bonds is 5. The number of hydrogen-bond acceptors (Lipinski definition) is 3. The van der Waals surface area contributed by atoms with E-state index in [2.05, 4.69) is 5.32 Å². The first kappa shape index (κ1) is 11.3. The second-order valence-corrected chi connectivity index (χ2v) is 4.12. The topological polar surface area (TPSA) is 38.0 Å². The van der Waals surface area contributed by atoms with E-state index in [4.69, 9.17) is 5.73 Å². The lowest BCUT2D eigenvalue weighted by atomic mass is 10.3. The molecule has 0 bridgehead atoms. The molecule has 0 aliphatic heterocycles. The van der Waals surface area contributed by atoms with Crippen LogP contribution in [0.15, 0.2) is 23.1 Å². The van der Waals surface area contributed by atoms with Crippen molar-refractivity contribution in [2.24, 2.45) is 0 Å². The molecule has 0 unspecified atom stereocenters. The van der Waals surface area contributed by atoms with Crippen LogP contribution in [-0.2, 0) is 0 Å². The molecule has 1 aromatic carbocycles. The van der Waals surface area contributed by atoms with Crippen molar-refractivity contribution >= 4 is 17.4 Å². The highest BCUT2D eigenvalue weighted by Crippen LogP contribution is 2.25. The molecule has 0 saturated carbocycles. The van der Waals surface area contributed by atoms with Crippen LogP contribution in [0.1, 0.15) is 6.42 Å². The van der Waals surface area contributed by atoms with E-state index in [-0.39, 0.29) is 5.82 Å². The predicted octanol–water partition coefficient (Wildman–Crippen LogP) is 2.11. The first-order valence-electron chi connectivity index (χ1n) is 4.56. The van der Waals surface area contributed by atoms with Crippen LogP contribution in [0.2, 0.25) is 0 Å². The van der Waals surface area contributed by atoms with Crippen molar-refractivity contribution in [1.82, 2.24) is 5.32 Å². The molecule has 0 amide bonds. The summed E-state index contributed by atoms with van der Waals surface area (Å²) in [5.41, 5.74) is 6.19. The van der Waals surface area contributed by atoms with Crippen LogP contribution in [-0.4, -0.2) is 19.3 Å². The Morgan fingerprint density at radius 1 is 1.50 bits per heavy atom. The molecule has 0 aromatic heterocycles. The molecule has 3 N–H and O–H groups in total. The first-order chi connectivity index (χ1) is 6.74. The van der Waals surface area contributed by atoms with Crippen molar-refractivity contribution in [3.05, 3.63) is 24.0 Å². The highest BCUT2D eigenvalue weighted by molar-refractivity contribution is 7.99. The van der Waals surface area contributed by atoms with E-state index in [1.54, 1.807) is 17.8 Å². The molecule has 0 spiro atoms. The number of thioether (sulfide) groups is 1. The van der Waals surface area contributed by atoms with Gasteiger partial charge in [-0.3, -0.25) is 0 Å². The Hall–Kier alpha value is -0.740. The van der Waals surface area contributed by atoms with Crippen LogP contribution in [0.3, 0.4) is 0 Å². The van der Waals surface area contributed by atoms with Gasteiger partial charge in [-0.05, 0) is 44.0 Å². The minimum atomic E-state index is -0.276. The van der Waals surface area contributed by atoms with Gasteiger partial charge in [-0.2, -0.15) is 0 Å². The van der Waals surface area contributed by atoms with Crippen molar-refractivity contribution in [2.75, 3.05) is 25.1 Å². The SMILES string of the molecule is CNCCCSc1ccc(F)cc1N. The Balaban J connectivity index is 2.42. The zero-order valence-corrected chi connectivity index (χ0v) is 9.03. The Bertz CT molecular complexity index is 291. The molecule has 0 aliphatic rings. The summed E-state index contributed by atoms with van der Waals surface area (Å²) in [7, 11) is 1.93. The molecule has 0 fully saturated rings. The number of benzene rings is 1. The van der Waals surface area contributed by atoms with Gasteiger partial charge in [0, 0.05) is 10.6 Å². The van der Waals surface area contributed by atoms with E-state index in [1.165, 1.54) is 12.1 Å². The molecule has 78 valence electrons. The normalized spacial score (nSPS) is 10.4. The van der Waals surface area contributed by atoms with Crippen molar-refractivity contribution in [3.63, 3.8) is 0 Å². The van der Waals surface area contributed by atoms with Crippen molar-refractivity contribution in [2.45, 2.75) is 11.3 Å². The Labute approximate surface area is 88.1 Å². The van der Waals surface area contributed by atoms with Gasteiger partial charge in [0.15, 0.2) is 0 Å². The highest BCUT2D eigenvalue weighted by Gasteiger charge is 2.00. The second-order valence-electron chi connectivity index (χ2n) is 2.99. The van der Waals surface area contributed by atoms with E-state index in [0.29, 0.717) is 5.69 Å². The van der Waals surface area contributed by atoms with Gasteiger partial charge in [0.05, 0.1) is 0 Å². The van der Waals surface area contributed by atoms with E-state index in [0.717, 1.165) is 23.6 Å². The summed E-state index contributed by atoms with van der Waals surface area (Å²) < 4.78 is 12.7. The number of halogens is 1. The molecule has 0 atom stereocenters. The number of nitrogens with one attached hydrogen (secondary N) is 1. The lowest BCUT2D eigenvalue weighted by Crippen LogP contribution is -2.08. The molecule has 0 radical (unpaired) electrons. The number of hydrogen-bond donors (Lipinski definition) is 2. The van der Waals surface area contributed by atoms with Crippen LogP contribution in [0, 0.1) is 5.82 Å². The maximum Gasteiger partial charge on any atom is 0.125 e. The molecule has 2 nitrogen and oxygen atoms in total. The minimum Gasteiger partial charge on any atom is -0.398 e. The van der Waals surface area contributed by atoms with Crippen molar-refractivity contribution in [1.29, 1.82) is 0 Å². The van der Waals surface area contributed by atoms with Gasteiger partial charge >= 0.3 is 0 Å². The molecule has 14 heavy (non-hydrogen) atoms. The highest BCUT2D eigenvalue weighted by atomic mass is 32.2. The fraction of sp³-hybridized carbons (Fsp3) is 0.400. The maximum atomic E-state index is 12.7. The predicted molar refractivity (Wildman–Crippen MR) is 60.1 cm³/mol. The fourth-order valence-corrected chi connectivity index (χ4v) is 1.98. The zero-order valence-electron chi connectivity index (χ0n) is 8.22. The van der Waals surface area contributed by atoms with Gasteiger partial charge in [0.2, 0.25) is 0 Å². The maximum absolute atomic E-state index is 12.7. The van der Waals surface area contributed by atoms with Crippen molar-refractivity contribution < 1.29 is 4.39 Å². The largest absolute Gasteiger partial charge is 0.398 e. The molecule has 0 heterocycles. The van der Waals surface area contributed by atoms with Crippen molar-refractivity contribution in [3.8, 4) is 0 Å². The lowest BCUT2D eigenvalue weighted by Gasteiger charge is -2.04. The molecule has 0 aliphatic carbocycles. The van der Waals surface area contributed by atoms with Gasteiger partial charge < -0.3 is 11.1 Å². The van der Waals surface area contributed by atoms with Gasteiger partial charge in [-0.15, -0.1) is 11.8 Å². The molecule has 1 rings (SSSR count). The average molecular weight is 214 g/mol. The third kappa shape index (κ3) is 3.55. The fourth-order valence-electron chi connectivity index (χ4n) is 1.08. The van der Waals surface area contributed by atoms with Crippen LogP contribution in [0.4, 0.5) is 10.1 Å². The Morgan fingerprint density at radius 3 is 2.93 bits per heavy atom. The summed E-state index contributed by atoms with van der Waals surface area (Å²) in [5.74, 6) is 0.721. The molecule has 4 heteroatoms. The Kier molecular flexibility index (Phi) is 4.76. The quantitative estimate of drug-likeness (QED) is 0.448. The molecule has 1 aromatic rings. The average Bonchev–Trinajstić information content (AvgIpc) is 2.15. The third-order valence-electron chi connectivity index (χ3n) is 1.80. The van der Waals surface area contributed by atoms with Crippen LogP contribution in [0.5, 0.6) is 0 Å². The van der Waals surface area contributed by atoms with Gasteiger partial charge in [-0.25, -0.2) is 4.39 Å². The van der Waals surface area contributed by atoms with Gasteiger partial charge in [0.25, 0.3) is 0 Å². The summed E-state index contributed by atoms with van der Waals surface area (Å²) in [6, 6.07) is 4.53. The van der Waals surface area contributed by atoms with Gasteiger partial charge in [0.1, 0.15) is 5.82 Å². The van der Waals surface area contributed by atoms with Gasteiger partial charge in [-0.1, -0.05) is 0 Å². The monoisotopic (exact) mass is 214 g/mol. The summed E-state index contributed by atoms with van der Waals surface area (Å²) in [6.45, 7) is 0.994. The number of nitrogens with two attached hydrogens (primary N) is 1. The number of nitrogen functional groups attached to an aromatic ring is 1. The summed E-state index contributed by atoms with van der Waals surface area (Å²) in [4.78, 5) is 0.961. The summed E-state index contributed by atoms with van der Waals surface area (Å²) >= 11 is 1.66. The smallest absolute Gasteiger partial charge is 0.125 e. The summed E-state index contributed by atoms with van der Waals surface area (Å²) in [6.07, 6.45) is 1.08. The van der Waals surface area contributed by atoms with E-state index in [1.807, 2.05) is 7.05 Å². The summed E-state index contributed by atoms with van der Waals surface area (Å²) in [5, 5.41) is 3.07. The Morgan fingerprint density at radius 2 is 2.29 bits per heavy atom. The second kappa shape index (κ2) is 5.88. The minimum absolute atomic E-state index is 0.276. The van der Waals surface area contributed by atoms with E-state index in [9.17, 15) is 4.39 Å². The van der Waals surface area contributed by atoms with E-state index >= 15 is 0 Å². The third-order valence-corrected chi connectivity index (χ3v) is 2.98. The number of anilines is 1. The van der Waals surface area contributed by atoms with Crippen LogP contribution in [0.25, 0.3) is 0 Å². The molecular formula is C10H15FN2S. The van der Waals surface area contributed by atoms with Crippen LogP contribution >= 0.6 is 11.8 Å². The standard InChI is InChI=1S/C10H15FN2S/c1-13-5-2-6-14-10-4-3-8(11)7-9(10)12/h3-4,7,13H,2,5-6,12H2,1H3. The molecular weight excluding hydrogens is 199 g/mol. The van der Waals surface area contributed by atoms with E-state index < -0.39 is 0 Å².